The maximum Gasteiger partial charge on any atom is 0.234 e. The third-order valence-electron chi connectivity index (χ3n) is 1.56. The number of hydrogen-bond acceptors (Lipinski definition) is 1. The molecule has 0 radical (unpaired) electrons. The van der Waals surface area contributed by atoms with E-state index in [1.165, 1.54) is 0 Å². The van der Waals surface area contributed by atoms with Crippen molar-refractivity contribution in [3.8, 4) is 0 Å². The van der Waals surface area contributed by atoms with Crippen LogP contribution in [0.15, 0.2) is 0 Å². The molecule has 0 aliphatic carbocycles. The van der Waals surface area contributed by atoms with Crippen LogP contribution in [-0.4, -0.2) is 10.2 Å². The van der Waals surface area contributed by atoms with Gasteiger partial charge in [-0.05, 0) is 12.8 Å². The van der Waals surface area contributed by atoms with Crippen LogP contribution in [0.1, 0.15) is 26.7 Å². The van der Waals surface area contributed by atoms with E-state index in [1.807, 2.05) is 13.8 Å². The Labute approximate surface area is 63.9 Å². The minimum atomic E-state index is -0.465. The van der Waals surface area contributed by atoms with Gasteiger partial charge in [-0.15, -0.1) is 0 Å². The molecule has 0 rings (SSSR count). The van der Waals surface area contributed by atoms with Crippen molar-refractivity contribution in [2.45, 2.75) is 31.0 Å². The molecular formula is C6H12BrNO. The van der Waals surface area contributed by atoms with Crippen molar-refractivity contribution < 1.29 is 4.79 Å². The lowest BCUT2D eigenvalue weighted by molar-refractivity contribution is -0.120. The summed E-state index contributed by atoms with van der Waals surface area (Å²) in [6.07, 6.45) is 1.50. The van der Waals surface area contributed by atoms with Gasteiger partial charge in [0.15, 0.2) is 0 Å². The van der Waals surface area contributed by atoms with Crippen LogP contribution >= 0.6 is 15.9 Å². The average Bonchev–Trinajstić information content (AvgIpc) is 1.86. The molecule has 0 aromatic rings. The number of alkyl halides is 1. The summed E-state index contributed by atoms with van der Waals surface area (Å²) < 4.78 is -0.465. The van der Waals surface area contributed by atoms with Crippen molar-refractivity contribution in [3.63, 3.8) is 0 Å². The first-order chi connectivity index (χ1) is 4.06. The first kappa shape index (κ1) is 8.95. The Morgan fingerprint density at radius 1 is 1.56 bits per heavy atom. The highest BCUT2D eigenvalue weighted by molar-refractivity contribution is 9.10. The van der Waals surface area contributed by atoms with Gasteiger partial charge in [0.2, 0.25) is 5.91 Å². The van der Waals surface area contributed by atoms with Crippen LogP contribution in [-0.2, 0) is 4.79 Å². The zero-order valence-corrected chi connectivity index (χ0v) is 7.36. The fourth-order valence-electron chi connectivity index (χ4n) is 0.598. The molecule has 3 heteroatoms. The molecule has 1 amide bonds. The predicted octanol–water partition coefficient (Wildman–Crippen LogP) is 1.43. The van der Waals surface area contributed by atoms with Crippen LogP contribution in [0.2, 0.25) is 0 Å². The lowest BCUT2D eigenvalue weighted by atomic mass is 10.0. The molecule has 0 atom stereocenters. The Morgan fingerprint density at radius 2 is 1.89 bits per heavy atom. The third kappa shape index (κ3) is 1.97. The van der Waals surface area contributed by atoms with E-state index in [2.05, 4.69) is 15.9 Å². The Kier molecular flexibility index (Phi) is 3.18. The van der Waals surface area contributed by atoms with Gasteiger partial charge in [-0.1, -0.05) is 29.8 Å². The molecule has 2 nitrogen and oxygen atoms in total. The van der Waals surface area contributed by atoms with E-state index in [9.17, 15) is 4.79 Å². The van der Waals surface area contributed by atoms with Crippen LogP contribution < -0.4 is 5.73 Å². The van der Waals surface area contributed by atoms with Crippen molar-refractivity contribution >= 4 is 21.8 Å². The average molecular weight is 194 g/mol. The van der Waals surface area contributed by atoms with Gasteiger partial charge in [-0.25, -0.2) is 0 Å². The molecule has 2 N–H and O–H groups in total. The number of primary amides is 1. The molecule has 0 aromatic heterocycles. The van der Waals surface area contributed by atoms with Gasteiger partial charge in [0.05, 0.1) is 0 Å². The molecule has 0 bridgehead atoms. The smallest absolute Gasteiger partial charge is 0.234 e. The first-order valence-electron chi connectivity index (χ1n) is 3.05. The van der Waals surface area contributed by atoms with E-state index in [0.29, 0.717) is 0 Å². The molecule has 0 heterocycles. The molecule has 0 spiro atoms. The summed E-state index contributed by atoms with van der Waals surface area (Å²) in [7, 11) is 0. The SMILES string of the molecule is CCC(Br)(CC)C(N)=O. The monoisotopic (exact) mass is 193 g/mol. The zero-order chi connectivity index (χ0) is 7.49. The highest BCUT2D eigenvalue weighted by Gasteiger charge is 2.28. The summed E-state index contributed by atoms with van der Waals surface area (Å²) in [5.41, 5.74) is 5.11. The van der Waals surface area contributed by atoms with Gasteiger partial charge in [0.1, 0.15) is 4.32 Å². The minimum Gasteiger partial charge on any atom is -0.368 e. The van der Waals surface area contributed by atoms with Crippen molar-refractivity contribution in [3.05, 3.63) is 0 Å². The van der Waals surface area contributed by atoms with Gasteiger partial charge >= 0.3 is 0 Å². The minimum absolute atomic E-state index is 0.271. The number of nitrogens with two attached hydrogens (primary N) is 1. The molecule has 0 saturated heterocycles. The number of amides is 1. The second kappa shape index (κ2) is 3.20. The van der Waals surface area contributed by atoms with Gasteiger partial charge in [-0.3, -0.25) is 4.79 Å². The van der Waals surface area contributed by atoms with Gasteiger partial charge in [0, 0.05) is 0 Å². The molecule has 0 aromatic carbocycles. The number of rotatable bonds is 3. The summed E-state index contributed by atoms with van der Waals surface area (Å²) >= 11 is 3.27. The van der Waals surface area contributed by atoms with E-state index in [1.54, 1.807) is 0 Å². The summed E-state index contributed by atoms with van der Waals surface area (Å²) in [5.74, 6) is -0.271. The lowest BCUT2D eigenvalue weighted by Gasteiger charge is -2.18. The maximum atomic E-state index is 10.7. The third-order valence-corrected chi connectivity index (χ3v) is 3.07. The molecule has 0 unspecified atom stereocenters. The van der Waals surface area contributed by atoms with Crippen LogP contribution in [0.25, 0.3) is 0 Å². The lowest BCUT2D eigenvalue weighted by Crippen LogP contribution is -2.36. The molecule has 0 aliphatic rings. The Bertz CT molecular complexity index is 110. The molecule has 0 aliphatic heterocycles. The van der Waals surface area contributed by atoms with Gasteiger partial charge < -0.3 is 5.73 Å². The second-order valence-corrected chi connectivity index (χ2v) is 3.55. The van der Waals surface area contributed by atoms with Gasteiger partial charge in [0.25, 0.3) is 0 Å². The molecule has 54 valence electrons. The zero-order valence-electron chi connectivity index (χ0n) is 5.78. The fourth-order valence-corrected chi connectivity index (χ4v) is 0.598. The Hall–Kier alpha value is -0.0500. The Morgan fingerprint density at radius 3 is 1.89 bits per heavy atom. The number of carbonyl (C=O) groups excluding carboxylic acids is 1. The number of hydrogen-bond donors (Lipinski definition) is 1. The van der Waals surface area contributed by atoms with Crippen LogP contribution in [0, 0.1) is 0 Å². The summed E-state index contributed by atoms with van der Waals surface area (Å²) in [5, 5.41) is 0. The van der Waals surface area contributed by atoms with E-state index in [4.69, 9.17) is 5.73 Å². The van der Waals surface area contributed by atoms with Crippen LogP contribution in [0.4, 0.5) is 0 Å². The highest BCUT2D eigenvalue weighted by atomic mass is 79.9. The van der Waals surface area contributed by atoms with E-state index in [0.717, 1.165) is 12.8 Å². The van der Waals surface area contributed by atoms with Crippen molar-refractivity contribution in [2.24, 2.45) is 5.73 Å². The molecular weight excluding hydrogens is 182 g/mol. The van der Waals surface area contributed by atoms with Crippen LogP contribution in [0.3, 0.4) is 0 Å². The van der Waals surface area contributed by atoms with Crippen molar-refractivity contribution in [2.75, 3.05) is 0 Å². The Balaban J connectivity index is 4.09. The fraction of sp³-hybridized carbons (Fsp3) is 0.833. The molecule has 0 saturated carbocycles. The summed E-state index contributed by atoms with van der Waals surface area (Å²) in [6, 6.07) is 0. The predicted molar refractivity (Wildman–Crippen MR) is 41.4 cm³/mol. The summed E-state index contributed by atoms with van der Waals surface area (Å²) in [6.45, 7) is 3.87. The highest BCUT2D eigenvalue weighted by Crippen LogP contribution is 2.25. The second-order valence-electron chi connectivity index (χ2n) is 2.04. The summed E-state index contributed by atoms with van der Waals surface area (Å²) in [4.78, 5) is 10.7. The normalized spacial score (nSPS) is 11.4. The standard InChI is InChI=1S/C6H12BrNO/c1-3-6(7,4-2)5(8)9/h3-4H2,1-2H3,(H2,8,9). The van der Waals surface area contributed by atoms with E-state index >= 15 is 0 Å². The first-order valence-corrected chi connectivity index (χ1v) is 3.85. The topological polar surface area (TPSA) is 43.1 Å². The quantitative estimate of drug-likeness (QED) is 0.678. The van der Waals surface area contributed by atoms with E-state index < -0.39 is 4.32 Å². The number of halogens is 1. The largest absolute Gasteiger partial charge is 0.368 e. The van der Waals surface area contributed by atoms with E-state index in [-0.39, 0.29) is 5.91 Å². The van der Waals surface area contributed by atoms with Crippen molar-refractivity contribution in [1.82, 2.24) is 0 Å². The molecule has 0 fully saturated rings. The maximum absolute atomic E-state index is 10.7. The van der Waals surface area contributed by atoms with Crippen molar-refractivity contribution in [1.29, 1.82) is 0 Å². The molecule has 9 heavy (non-hydrogen) atoms. The number of carbonyl (C=O) groups is 1. The van der Waals surface area contributed by atoms with Gasteiger partial charge in [-0.2, -0.15) is 0 Å². The van der Waals surface area contributed by atoms with Crippen LogP contribution in [0.5, 0.6) is 0 Å².